The number of aromatic amines is 1. The van der Waals surface area contributed by atoms with Gasteiger partial charge in [-0.15, -0.1) is 0 Å². The Morgan fingerprint density at radius 3 is 2.88 bits per heavy atom. The van der Waals surface area contributed by atoms with E-state index in [0.29, 0.717) is 5.82 Å². The van der Waals surface area contributed by atoms with Crippen molar-refractivity contribution in [1.29, 1.82) is 0 Å². The molecule has 5 nitrogen and oxygen atoms in total. The standard InChI is InChI=1S/C10H11F2N5/c11-7-1-2-8(12)6(3-7)4-9(16-13)10-14-5-15-17-10/h1-3,5,9,16H,4,13H2,(H,14,15,17). The molecule has 2 aromatic rings. The number of H-pyrrole nitrogens is 1. The lowest BCUT2D eigenvalue weighted by atomic mass is 10.1. The van der Waals surface area contributed by atoms with Crippen LogP contribution in [0.2, 0.25) is 0 Å². The lowest BCUT2D eigenvalue weighted by molar-refractivity contribution is 0.503. The molecule has 0 saturated heterocycles. The summed E-state index contributed by atoms with van der Waals surface area (Å²) in [5.41, 5.74) is 2.70. The number of hydrogen-bond donors (Lipinski definition) is 3. The molecule has 1 aromatic carbocycles. The van der Waals surface area contributed by atoms with Gasteiger partial charge in [-0.3, -0.25) is 10.9 Å². The third-order valence-electron chi connectivity index (χ3n) is 2.40. The van der Waals surface area contributed by atoms with Crippen LogP contribution in [-0.4, -0.2) is 15.2 Å². The van der Waals surface area contributed by atoms with Crippen molar-refractivity contribution < 1.29 is 8.78 Å². The van der Waals surface area contributed by atoms with Gasteiger partial charge in [0.1, 0.15) is 23.8 Å². The summed E-state index contributed by atoms with van der Waals surface area (Å²) in [5.74, 6) is 4.84. The van der Waals surface area contributed by atoms with E-state index < -0.39 is 17.7 Å². The van der Waals surface area contributed by atoms with Crippen molar-refractivity contribution in [3.63, 3.8) is 0 Å². The van der Waals surface area contributed by atoms with Gasteiger partial charge >= 0.3 is 0 Å². The average molecular weight is 239 g/mol. The van der Waals surface area contributed by atoms with E-state index in [2.05, 4.69) is 20.6 Å². The predicted octanol–water partition coefficient (Wildman–Crippen LogP) is 0.830. The molecule has 1 aromatic heterocycles. The van der Waals surface area contributed by atoms with E-state index >= 15 is 0 Å². The summed E-state index contributed by atoms with van der Waals surface area (Å²) in [6.07, 6.45) is 1.50. The van der Waals surface area contributed by atoms with Gasteiger partial charge in [0.2, 0.25) is 0 Å². The van der Waals surface area contributed by atoms with E-state index in [1.54, 1.807) is 0 Å². The summed E-state index contributed by atoms with van der Waals surface area (Å²) < 4.78 is 26.4. The molecule has 0 amide bonds. The smallest absolute Gasteiger partial charge is 0.143 e. The first-order chi connectivity index (χ1) is 8.20. The maximum atomic E-state index is 13.4. The number of hydrazine groups is 1. The Morgan fingerprint density at radius 2 is 2.24 bits per heavy atom. The van der Waals surface area contributed by atoms with Crippen LogP contribution in [-0.2, 0) is 6.42 Å². The lowest BCUT2D eigenvalue weighted by Gasteiger charge is -2.13. The van der Waals surface area contributed by atoms with E-state index in [9.17, 15) is 8.78 Å². The lowest BCUT2D eigenvalue weighted by Crippen LogP contribution is -2.30. The second kappa shape index (κ2) is 4.98. The fraction of sp³-hybridized carbons (Fsp3) is 0.200. The molecule has 0 fully saturated rings. The Bertz CT molecular complexity index is 485. The van der Waals surface area contributed by atoms with Crippen molar-refractivity contribution in [3.05, 3.63) is 47.5 Å². The van der Waals surface area contributed by atoms with E-state index in [-0.39, 0.29) is 12.0 Å². The first kappa shape index (κ1) is 11.6. The third kappa shape index (κ3) is 2.63. The molecule has 1 atom stereocenters. The quantitative estimate of drug-likeness (QED) is 0.545. The first-order valence-corrected chi connectivity index (χ1v) is 4.96. The highest BCUT2D eigenvalue weighted by Gasteiger charge is 2.16. The van der Waals surface area contributed by atoms with Gasteiger partial charge in [0.05, 0.1) is 6.04 Å². The Morgan fingerprint density at radius 1 is 1.41 bits per heavy atom. The Balaban J connectivity index is 2.21. The third-order valence-corrected chi connectivity index (χ3v) is 2.40. The van der Waals surface area contributed by atoms with Gasteiger partial charge in [0.25, 0.3) is 0 Å². The maximum absolute atomic E-state index is 13.4. The van der Waals surface area contributed by atoms with Gasteiger partial charge in [-0.2, -0.15) is 5.10 Å². The van der Waals surface area contributed by atoms with E-state index in [1.165, 1.54) is 6.33 Å². The Labute approximate surface area is 96.0 Å². The van der Waals surface area contributed by atoms with Crippen LogP contribution in [0.25, 0.3) is 0 Å². The number of nitrogens with two attached hydrogens (primary N) is 1. The average Bonchev–Trinajstić information content (AvgIpc) is 2.84. The largest absolute Gasteiger partial charge is 0.271 e. The van der Waals surface area contributed by atoms with Crippen LogP contribution in [0.5, 0.6) is 0 Å². The van der Waals surface area contributed by atoms with Crippen molar-refractivity contribution >= 4 is 0 Å². The van der Waals surface area contributed by atoms with Crippen molar-refractivity contribution in [1.82, 2.24) is 20.6 Å². The normalized spacial score (nSPS) is 12.6. The Kier molecular flexibility index (Phi) is 3.40. The molecule has 4 N–H and O–H groups in total. The van der Waals surface area contributed by atoms with Crippen LogP contribution in [0, 0.1) is 11.6 Å². The van der Waals surface area contributed by atoms with Crippen molar-refractivity contribution in [2.24, 2.45) is 5.84 Å². The summed E-state index contributed by atoms with van der Waals surface area (Å²) >= 11 is 0. The zero-order valence-electron chi connectivity index (χ0n) is 8.82. The molecular formula is C10H11F2N5. The zero-order chi connectivity index (χ0) is 12.3. The summed E-state index contributed by atoms with van der Waals surface area (Å²) in [7, 11) is 0. The van der Waals surface area contributed by atoms with E-state index in [0.717, 1.165) is 18.2 Å². The highest BCUT2D eigenvalue weighted by atomic mass is 19.1. The highest BCUT2D eigenvalue weighted by Crippen LogP contribution is 2.17. The van der Waals surface area contributed by atoms with Gasteiger partial charge in [-0.1, -0.05) is 0 Å². The number of hydrogen-bond acceptors (Lipinski definition) is 4. The van der Waals surface area contributed by atoms with Crippen LogP contribution >= 0.6 is 0 Å². The molecule has 0 radical (unpaired) electrons. The molecule has 0 spiro atoms. The van der Waals surface area contributed by atoms with Crippen LogP contribution in [0.4, 0.5) is 8.78 Å². The van der Waals surface area contributed by atoms with Crippen molar-refractivity contribution in [2.45, 2.75) is 12.5 Å². The van der Waals surface area contributed by atoms with Crippen LogP contribution in [0.1, 0.15) is 17.4 Å². The minimum Gasteiger partial charge on any atom is -0.271 e. The maximum Gasteiger partial charge on any atom is 0.143 e. The minimum atomic E-state index is -0.491. The number of aromatic nitrogens is 3. The minimum absolute atomic E-state index is 0.176. The summed E-state index contributed by atoms with van der Waals surface area (Å²) in [5, 5.41) is 6.30. The first-order valence-electron chi connectivity index (χ1n) is 4.96. The molecule has 90 valence electrons. The van der Waals surface area contributed by atoms with Gasteiger partial charge in [0.15, 0.2) is 0 Å². The number of nitrogens with zero attached hydrogens (tertiary/aromatic N) is 2. The number of benzene rings is 1. The van der Waals surface area contributed by atoms with E-state index in [1.807, 2.05) is 0 Å². The van der Waals surface area contributed by atoms with Crippen molar-refractivity contribution in [2.75, 3.05) is 0 Å². The monoisotopic (exact) mass is 239 g/mol. The van der Waals surface area contributed by atoms with Crippen LogP contribution in [0.15, 0.2) is 24.5 Å². The molecule has 0 saturated carbocycles. The number of nitrogens with one attached hydrogen (secondary N) is 2. The molecule has 1 unspecified atom stereocenters. The van der Waals surface area contributed by atoms with Crippen LogP contribution in [0.3, 0.4) is 0 Å². The van der Waals surface area contributed by atoms with E-state index in [4.69, 9.17) is 5.84 Å². The summed E-state index contributed by atoms with van der Waals surface area (Å²) in [6, 6.07) is 2.83. The van der Waals surface area contributed by atoms with Crippen LogP contribution < -0.4 is 11.3 Å². The molecular weight excluding hydrogens is 228 g/mol. The van der Waals surface area contributed by atoms with Gasteiger partial charge < -0.3 is 0 Å². The number of rotatable bonds is 4. The predicted molar refractivity (Wildman–Crippen MR) is 56.5 cm³/mol. The fourth-order valence-corrected chi connectivity index (χ4v) is 1.54. The highest BCUT2D eigenvalue weighted by molar-refractivity contribution is 5.20. The van der Waals surface area contributed by atoms with Gasteiger partial charge in [0, 0.05) is 0 Å². The molecule has 2 rings (SSSR count). The molecule has 0 aliphatic rings. The fourth-order valence-electron chi connectivity index (χ4n) is 1.54. The zero-order valence-corrected chi connectivity index (χ0v) is 8.82. The molecule has 1 heterocycles. The molecule has 0 aliphatic heterocycles. The second-order valence-electron chi connectivity index (χ2n) is 3.53. The van der Waals surface area contributed by atoms with Crippen molar-refractivity contribution in [3.8, 4) is 0 Å². The topological polar surface area (TPSA) is 79.6 Å². The molecule has 17 heavy (non-hydrogen) atoms. The SMILES string of the molecule is NNC(Cc1cc(F)ccc1F)c1ncn[nH]1. The summed E-state index contributed by atoms with van der Waals surface area (Å²) in [4.78, 5) is 3.91. The Hall–Kier alpha value is -1.86. The number of halogens is 2. The van der Waals surface area contributed by atoms with Gasteiger partial charge in [-0.05, 0) is 30.2 Å². The molecule has 0 aliphatic carbocycles. The molecule has 0 bridgehead atoms. The van der Waals surface area contributed by atoms with Gasteiger partial charge in [-0.25, -0.2) is 19.2 Å². The summed E-state index contributed by atoms with van der Waals surface area (Å²) in [6.45, 7) is 0. The second-order valence-corrected chi connectivity index (χ2v) is 3.53. The molecule has 7 heteroatoms.